The standard InChI is InChI=1S/CH78P74/c2-45(3)64(40)71(73(58(28)29)59(30)31)44(72(74(60(32)33)61(34)35)75(62(36)37)63(38)39)1(41(65(46(4)5)47(6)7)66(48(8)9)49(10)11,42(67(50(12)13)51(14)15)68(52(16)17)53(18)19)43(69(54(20)21)55(22)23)70(56(24)25)57(26)27/h2-40H2. The summed E-state index contributed by atoms with van der Waals surface area (Å²) in [5, 5.41) is 0. The van der Waals surface area contributed by atoms with Crippen molar-refractivity contribution in [1.82, 2.24) is 0 Å². The van der Waals surface area contributed by atoms with Gasteiger partial charge in [0.2, 0.25) is 0 Å². The Balaban J connectivity index is 13.1. The van der Waals surface area contributed by atoms with Crippen LogP contribution in [0.5, 0.6) is 0 Å². The predicted molar refractivity (Wildman–Crippen MR) is 624 cm³/mol. The lowest BCUT2D eigenvalue weighted by Gasteiger charge is -2.70. The van der Waals surface area contributed by atoms with Gasteiger partial charge in [0, 0.05) is 0 Å². The van der Waals surface area contributed by atoms with E-state index in [9.17, 15) is 0 Å². The topological polar surface area (TPSA) is 0 Å². The summed E-state index contributed by atoms with van der Waals surface area (Å²) in [7, 11) is 142. The number of rotatable bonds is 35. The van der Waals surface area contributed by atoms with E-state index >= 15 is 0 Å². The molecule has 75 heavy (non-hydrogen) atoms. The summed E-state index contributed by atoms with van der Waals surface area (Å²) in [5.41, 5.74) is 0. The molecule has 42 atom stereocenters. The van der Waals surface area contributed by atoms with Gasteiger partial charge in [0.05, 0.1) is 4.38 Å². The normalized spacial score (nSPS) is 15.9. The smallest absolute Gasteiger partial charge is 0.0860 e. The molecule has 0 saturated heterocycles. The van der Waals surface area contributed by atoms with Crippen LogP contribution in [0.25, 0.3) is 0 Å². The van der Waals surface area contributed by atoms with Crippen molar-refractivity contribution in [2.24, 2.45) is 0 Å². The Hall–Kier alpha value is 31.8. The molecule has 0 radical (unpaired) electrons. The lowest BCUT2D eigenvalue weighted by molar-refractivity contribution is 1.87. The first kappa shape index (κ1) is 107. The molecule has 0 aromatic heterocycles. The maximum atomic E-state index is 3.95. The molecule has 452 valence electrons. The highest BCUT2D eigenvalue weighted by Gasteiger charge is 2.74. The second-order valence-corrected chi connectivity index (χ2v) is 306. The van der Waals surface area contributed by atoms with Crippen molar-refractivity contribution in [3.05, 3.63) is 0 Å². The molecule has 0 fully saturated rings. The van der Waals surface area contributed by atoms with Crippen LogP contribution in [-0.4, -0.2) is 4.38 Å². The minimum Gasteiger partial charge on any atom is -0.102 e. The van der Waals surface area contributed by atoms with Gasteiger partial charge in [-0.25, -0.2) is 0 Å². The molecule has 0 heterocycles. The van der Waals surface area contributed by atoms with Gasteiger partial charge in [-0.3, -0.25) is 0 Å². The van der Waals surface area contributed by atoms with Crippen LogP contribution >= 0.6 is 594 Å². The van der Waals surface area contributed by atoms with Crippen molar-refractivity contribution in [3.8, 4) is 0 Å². The summed E-state index contributed by atoms with van der Waals surface area (Å²) in [4.78, 5) is 0. The van der Waals surface area contributed by atoms with Crippen LogP contribution in [0, 0.1) is 0 Å². The highest BCUT2D eigenvalue weighted by atomic mass is 33.4. The lowest BCUT2D eigenvalue weighted by atomic mass is 11.8. The van der Waals surface area contributed by atoms with Crippen molar-refractivity contribution >= 4 is 594 Å². The van der Waals surface area contributed by atoms with Crippen LogP contribution in [0.3, 0.4) is 0 Å². The Morgan fingerprint density at radius 2 is 0.240 bits per heavy atom. The fourth-order valence-corrected chi connectivity index (χ4v) is 876. The Kier molecular flexibility index (Phi) is 81.2. The van der Waals surface area contributed by atoms with Gasteiger partial charge < -0.3 is 0 Å². The van der Waals surface area contributed by atoms with E-state index in [1.807, 2.05) is 0 Å². The quantitative estimate of drug-likeness (QED) is 0.0555. The van der Waals surface area contributed by atoms with Crippen molar-refractivity contribution in [3.63, 3.8) is 0 Å². The van der Waals surface area contributed by atoms with Gasteiger partial charge >= 0.3 is 0 Å². The average Bonchev–Trinajstić information content (AvgIpc) is 3.18. The zero-order valence-corrected chi connectivity index (χ0v) is 115. The minimum absolute atomic E-state index is 0.303. The van der Waals surface area contributed by atoms with E-state index < -0.39 is 176 Å². The van der Waals surface area contributed by atoms with Crippen LogP contribution in [-0.2, 0) is 0 Å². The molecule has 0 aliphatic carbocycles. The summed E-state index contributed by atoms with van der Waals surface area (Å²) in [5.74, 6) is 0. The maximum Gasteiger partial charge on any atom is 0.0860 e. The Bertz CT molecular complexity index is 1220. The second kappa shape index (κ2) is 57.0. The Labute approximate surface area is 589 Å². The molecule has 0 rings (SSSR count). The number of hydrogen-bond acceptors (Lipinski definition) is 0. The first-order valence-electron chi connectivity index (χ1n) is 17.2. The summed E-state index contributed by atoms with van der Waals surface area (Å²) < 4.78 is 0.303. The molecule has 0 aromatic carbocycles. The van der Waals surface area contributed by atoms with Gasteiger partial charge in [-0.2, -0.15) is 0 Å². The van der Waals surface area contributed by atoms with Gasteiger partial charge in [0.25, 0.3) is 0 Å². The maximum absolute atomic E-state index is 3.95. The van der Waals surface area contributed by atoms with Gasteiger partial charge in [-0.15, -0.1) is 348 Å². The van der Waals surface area contributed by atoms with E-state index in [0.717, 1.165) is 0 Å². The monoisotopic (exact) mass is 2380 g/mol. The fourth-order valence-electron chi connectivity index (χ4n) is 5.09. The third kappa shape index (κ3) is 35.3. The summed E-state index contributed by atoms with van der Waals surface area (Å²) in [6.45, 7) is -12.5. The van der Waals surface area contributed by atoms with E-state index in [-0.39, 0.29) is 69.9 Å². The lowest BCUT2D eigenvalue weighted by Crippen LogP contribution is -2.14. The first-order valence-corrected chi connectivity index (χ1v) is 149. The molecule has 0 N–H and O–H groups in total. The molecule has 0 spiro atoms. The molecule has 0 aliphatic rings. The molecule has 0 saturated carbocycles. The largest absolute Gasteiger partial charge is 0.102 e. The van der Waals surface area contributed by atoms with Crippen molar-refractivity contribution in [2.45, 2.75) is 4.38 Å². The molecule has 0 aliphatic heterocycles. The average molecular weight is 2380 g/mol. The van der Waals surface area contributed by atoms with Crippen LogP contribution < -0.4 is 0 Å². The second-order valence-electron chi connectivity index (χ2n) is 12.2. The molecular formula is CH78P74. The van der Waals surface area contributed by atoms with E-state index in [2.05, 4.69) is 348 Å². The zero-order valence-electron chi connectivity index (χ0n) is 38.7. The molecule has 0 aromatic rings. The van der Waals surface area contributed by atoms with Gasteiger partial charge in [-0.1, -0.05) is 0 Å². The van der Waals surface area contributed by atoms with Crippen molar-refractivity contribution in [2.75, 3.05) is 0 Å². The summed E-state index contributed by atoms with van der Waals surface area (Å²) in [6.07, 6.45) is 0. The number of hydrogen-bond donors (Lipinski definition) is 0. The van der Waals surface area contributed by atoms with Crippen molar-refractivity contribution in [1.29, 1.82) is 0 Å². The van der Waals surface area contributed by atoms with Gasteiger partial charge in [0.1, 0.15) is 0 Å². The first-order chi connectivity index (χ1) is 34.0. The molecule has 74 heteroatoms. The van der Waals surface area contributed by atoms with Gasteiger partial charge in [-0.05, 0) is 246 Å². The Morgan fingerprint density at radius 3 is 0.360 bits per heavy atom. The molecule has 0 nitrogen and oxygen atoms in total. The van der Waals surface area contributed by atoms with Crippen molar-refractivity contribution < 1.29 is 0 Å². The zero-order chi connectivity index (χ0) is 59.7. The van der Waals surface area contributed by atoms with Gasteiger partial charge in [0.15, 0.2) is 0 Å². The van der Waals surface area contributed by atoms with Crippen LogP contribution in [0.4, 0.5) is 0 Å². The fraction of sp³-hybridized carbons (Fsp3) is 1.00. The Morgan fingerprint density at radius 1 is 0.120 bits per heavy atom. The molecule has 0 amide bonds. The van der Waals surface area contributed by atoms with E-state index in [0.29, 0.717) is 4.38 Å². The summed E-state index contributed by atoms with van der Waals surface area (Å²) in [6, 6.07) is 0. The van der Waals surface area contributed by atoms with E-state index in [1.165, 1.54) is 0 Å². The molecule has 0 bridgehead atoms. The van der Waals surface area contributed by atoms with Crippen LogP contribution in [0.15, 0.2) is 0 Å². The van der Waals surface area contributed by atoms with E-state index in [1.54, 1.807) is 0 Å². The predicted octanol–water partition coefficient (Wildman–Crippen LogP) is 42.6. The highest BCUT2D eigenvalue weighted by Crippen LogP contribution is 3.47. The SMILES string of the molecule is PP(P)P(P)P(P(P(P)P)P(P)P)P(P(P(P(P)P)P(P)P)P(P(P)P)P(P)P)C(P(P(P(P)P)P(P)P)P(P(P)P)P(P)P)(P(P(P(P)P)P(P)P)P(P(P)P)P(P)P)P(P(P(P)P)P(P)P)P(P(P)P)P(P)P. The van der Waals surface area contributed by atoms with Crippen LogP contribution in [0.2, 0.25) is 0 Å². The third-order valence-electron chi connectivity index (χ3n) is 7.05. The van der Waals surface area contributed by atoms with Crippen LogP contribution in [0.1, 0.15) is 0 Å². The summed E-state index contributed by atoms with van der Waals surface area (Å²) >= 11 is 0. The molecule has 42 unspecified atom stereocenters. The third-order valence-corrected chi connectivity index (χ3v) is 474. The van der Waals surface area contributed by atoms with E-state index in [4.69, 9.17) is 0 Å². The molecular weight excluding hydrogens is 2300 g/mol. The highest BCUT2D eigenvalue weighted by molar-refractivity contribution is 9.43. The minimum atomic E-state index is -0.593.